The van der Waals surface area contributed by atoms with E-state index in [1.54, 1.807) is 0 Å². The standard InChI is InChI=1S/C4H9NOS/c1-2-4(3-7)5-6/h4,7H,2-3H2,1H3. The number of hydrogen-bond acceptors (Lipinski definition) is 3. The van der Waals surface area contributed by atoms with E-state index in [1.165, 1.54) is 0 Å². The minimum Gasteiger partial charge on any atom is -0.177 e. The van der Waals surface area contributed by atoms with Crippen LogP contribution in [0, 0.1) is 4.91 Å². The van der Waals surface area contributed by atoms with Gasteiger partial charge in [-0.15, -0.1) is 0 Å². The Kier molecular flexibility index (Phi) is 4.09. The SMILES string of the molecule is CCC(CS)N=O. The van der Waals surface area contributed by atoms with Gasteiger partial charge in [0.1, 0.15) is 6.04 Å². The molecule has 0 aliphatic rings. The zero-order chi connectivity index (χ0) is 5.70. The van der Waals surface area contributed by atoms with E-state index in [0.29, 0.717) is 5.75 Å². The average molecular weight is 119 g/mol. The molecule has 0 spiro atoms. The van der Waals surface area contributed by atoms with Crippen molar-refractivity contribution in [2.45, 2.75) is 19.4 Å². The van der Waals surface area contributed by atoms with Crippen LogP contribution in [0.25, 0.3) is 0 Å². The molecular formula is C4H9NOS. The van der Waals surface area contributed by atoms with Crippen LogP contribution in [0.5, 0.6) is 0 Å². The number of thiol groups is 1. The number of nitrogens with zero attached hydrogens (tertiary/aromatic N) is 1. The Labute approximate surface area is 48.7 Å². The highest BCUT2D eigenvalue weighted by Gasteiger charge is 1.98. The predicted octanol–water partition coefficient (Wildman–Crippen LogP) is 1.46. The predicted molar refractivity (Wildman–Crippen MR) is 33.7 cm³/mol. The maximum absolute atomic E-state index is 9.67. The smallest absolute Gasteiger partial charge is 0.100 e. The van der Waals surface area contributed by atoms with E-state index in [-0.39, 0.29) is 6.04 Å². The van der Waals surface area contributed by atoms with Crippen molar-refractivity contribution >= 4 is 12.6 Å². The molecule has 7 heavy (non-hydrogen) atoms. The van der Waals surface area contributed by atoms with E-state index < -0.39 is 0 Å². The molecule has 0 aromatic carbocycles. The van der Waals surface area contributed by atoms with Crippen LogP contribution in [0.4, 0.5) is 0 Å². The van der Waals surface area contributed by atoms with Gasteiger partial charge in [-0.2, -0.15) is 17.5 Å². The largest absolute Gasteiger partial charge is 0.177 e. The fraction of sp³-hybridized carbons (Fsp3) is 1.00. The van der Waals surface area contributed by atoms with Crippen LogP contribution in [0.3, 0.4) is 0 Å². The third-order valence-electron chi connectivity index (χ3n) is 0.831. The van der Waals surface area contributed by atoms with Crippen LogP contribution in [-0.4, -0.2) is 11.8 Å². The first kappa shape index (κ1) is 6.95. The Bertz CT molecular complexity index is 53.7. The molecule has 0 aromatic heterocycles. The quantitative estimate of drug-likeness (QED) is 0.442. The van der Waals surface area contributed by atoms with Crippen molar-refractivity contribution < 1.29 is 0 Å². The summed E-state index contributed by atoms with van der Waals surface area (Å²) in [6.07, 6.45) is 0.799. The highest BCUT2D eigenvalue weighted by Crippen LogP contribution is 1.96. The number of hydrogen-bond donors (Lipinski definition) is 1. The Morgan fingerprint density at radius 2 is 2.43 bits per heavy atom. The van der Waals surface area contributed by atoms with E-state index in [9.17, 15) is 4.91 Å². The average Bonchev–Trinajstić information content (AvgIpc) is 1.72. The van der Waals surface area contributed by atoms with Crippen molar-refractivity contribution in [1.29, 1.82) is 0 Å². The molecule has 0 saturated carbocycles. The van der Waals surface area contributed by atoms with E-state index >= 15 is 0 Å². The van der Waals surface area contributed by atoms with Crippen LogP contribution in [-0.2, 0) is 0 Å². The molecule has 0 radical (unpaired) electrons. The molecule has 0 fully saturated rings. The molecular weight excluding hydrogens is 110 g/mol. The normalized spacial score (nSPS) is 13.4. The molecule has 2 nitrogen and oxygen atoms in total. The van der Waals surface area contributed by atoms with Crippen molar-refractivity contribution in [2.24, 2.45) is 5.18 Å². The fourth-order valence-corrected chi connectivity index (χ4v) is 0.562. The van der Waals surface area contributed by atoms with Gasteiger partial charge in [0.05, 0.1) is 0 Å². The molecule has 42 valence electrons. The molecule has 1 atom stereocenters. The zero-order valence-electron chi connectivity index (χ0n) is 4.29. The van der Waals surface area contributed by atoms with E-state index in [4.69, 9.17) is 0 Å². The summed E-state index contributed by atoms with van der Waals surface area (Å²) in [5.41, 5.74) is 0. The van der Waals surface area contributed by atoms with Crippen molar-refractivity contribution in [3.63, 3.8) is 0 Å². The monoisotopic (exact) mass is 119 g/mol. The van der Waals surface area contributed by atoms with E-state index in [1.807, 2.05) is 6.92 Å². The molecule has 3 heteroatoms. The molecule has 0 N–H and O–H groups in total. The van der Waals surface area contributed by atoms with Crippen LogP contribution in [0.2, 0.25) is 0 Å². The van der Waals surface area contributed by atoms with Crippen LogP contribution < -0.4 is 0 Å². The van der Waals surface area contributed by atoms with Crippen LogP contribution >= 0.6 is 12.6 Å². The molecule has 0 saturated heterocycles. The van der Waals surface area contributed by atoms with Gasteiger partial charge in [0.2, 0.25) is 0 Å². The Hall–Kier alpha value is -0.0500. The third kappa shape index (κ3) is 2.62. The van der Waals surface area contributed by atoms with Gasteiger partial charge in [0, 0.05) is 5.75 Å². The molecule has 0 aliphatic carbocycles. The van der Waals surface area contributed by atoms with E-state index in [0.717, 1.165) is 6.42 Å². The highest BCUT2D eigenvalue weighted by atomic mass is 32.1. The topological polar surface area (TPSA) is 29.4 Å². The van der Waals surface area contributed by atoms with Crippen molar-refractivity contribution in [2.75, 3.05) is 5.75 Å². The lowest BCUT2D eigenvalue weighted by molar-refractivity contribution is 0.723. The Balaban J connectivity index is 3.16. The molecule has 0 aliphatic heterocycles. The van der Waals surface area contributed by atoms with Gasteiger partial charge in [0.15, 0.2) is 0 Å². The molecule has 0 amide bonds. The maximum atomic E-state index is 9.67. The lowest BCUT2D eigenvalue weighted by Gasteiger charge is -1.95. The second-order valence-corrected chi connectivity index (χ2v) is 1.72. The molecule has 0 rings (SSSR count). The summed E-state index contributed by atoms with van der Waals surface area (Å²) in [4.78, 5) is 9.67. The summed E-state index contributed by atoms with van der Waals surface area (Å²) in [5, 5.41) is 2.80. The van der Waals surface area contributed by atoms with Gasteiger partial charge < -0.3 is 0 Å². The first-order valence-electron chi connectivity index (χ1n) is 2.28. The van der Waals surface area contributed by atoms with Gasteiger partial charge in [-0.05, 0) is 6.42 Å². The lowest BCUT2D eigenvalue weighted by Crippen LogP contribution is -2.01. The second-order valence-electron chi connectivity index (χ2n) is 1.35. The lowest BCUT2D eigenvalue weighted by atomic mass is 10.3. The third-order valence-corrected chi connectivity index (χ3v) is 1.25. The zero-order valence-corrected chi connectivity index (χ0v) is 5.19. The summed E-state index contributed by atoms with van der Waals surface area (Å²) in [5.74, 6) is 0.569. The summed E-state index contributed by atoms with van der Waals surface area (Å²) < 4.78 is 0. The summed E-state index contributed by atoms with van der Waals surface area (Å²) in [6, 6.07) is -0.0802. The molecule has 1 unspecified atom stereocenters. The van der Waals surface area contributed by atoms with Gasteiger partial charge in [-0.3, -0.25) is 0 Å². The Morgan fingerprint density at radius 1 is 1.86 bits per heavy atom. The second kappa shape index (κ2) is 4.12. The van der Waals surface area contributed by atoms with Gasteiger partial charge in [0.25, 0.3) is 0 Å². The van der Waals surface area contributed by atoms with Crippen LogP contribution in [0.1, 0.15) is 13.3 Å². The highest BCUT2D eigenvalue weighted by molar-refractivity contribution is 7.80. The summed E-state index contributed by atoms with van der Waals surface area (Å²) in [6.45, 7) is 1.92. The van der Waals surface area contributed by atoms with Crippen LogP contribution in [0.15, 0.2) is 5.18 Å². The van der Waals surface area contributed by atoms with Crippen molar-refractivity contribution in [3.05, 3.63) is 4.91 Å². The summed E-state index contributed by atoms with van der Waals surface area (Å²) in [7, 11) is 0. The Morgan fingerprint density at radius 3 is 2.43 bits per heavy atom. The molecule has 0 bridgehead atoms. The van der Waals surface area contributed by atoms with Gasteiger partial charge in [-0.1, -0.05) is 12.1 Å². The first-order valence-corrected chi connectivity index (χ1v) is 2.91. The minimum atomic E-state index is -0.0802. The number of rotatable bonds is 3. The van der Waals surface area contributed by atoms with E-state index in [2.05, 4.69) is 17.8 Å². The molecule has 0 heterocycles. The van der Waals surface area contributed by atoms with Gasteiger partial charge in [-0.25, -0.2) is 0 Å². The minimum absolute atomic E-state index is 0.0802. The van der Waals surface area contributed by atoms with Gasteiger partial charge >= 0.3 is 0 Å². The fourth-order valence-electron chi connectivity index (χ4n) is 0.237. The summed E-state index contributed by atoms with van der Waals surface area (Å²) >= 11 is 3.88. The van der Waals surface area contributed by atoms with Crippen molar-refractivity contribution in [1.82, 2.24) is 0 Å². The first-order chi connectivity index (χ1) is 3.35. The molecule has 0 aromatic rings. The van der Waals surface area contributed by atoms with Crippen molar-refractivity contribution in [3.8, 4) is 0 Å². The number of nitroso groups, excluding NO2 is 1. The maximum Gasteiger partial charge on any atom is 0.100 e.